The number of ether oxygens (including phenoxy) is 1. The molecule has 1 N–H and O–H groups in total. The summed E-state index contributed by atoms with van der Waals surface area (Å²) in [5.41, 5.74) is 1.53. The van der Waals surface area contributed by atoms with Gasteiger partial charge in [0, 0.05) is 6.54 Å². The summed E-state index contributed by atoms with van der Waals surface area (Å²) in [5, 5.41) is 2.77. The van der Waals surface area contributed by atoms with E-state index in [-0.39, 0.29) is 5.91 Å². The van der Waals surface area contributed by atoms with Crippen LogP contribution < -0.4 is 9.62 Å². The van der Waals surface area contributed by atoms with Crippen LogP contribution in [0, 0.1) is 0 Å². The Kier molecular flexibility index (Phi) is 7.82. The SMILES string of the molecule is CC[C@@H](C(=O)NCCOCc1ccccc1)N(c1ccccc1)S(C)(=O)=O. The van der Waals surface area contributed by atoms with E-state index in [9.17, 15) is 13.2 Å². The van der Waals surface area contributed by atoms with Crippen molar-refractivity contribution in [3.05, 3.63) is 66.2 Å². The minimum atomic E-state index is -3.60. The molecule has 0 fully saturated rings. The van der Waals surface area contributed by atoms with Crippen LogP contribution in [0.1, 0.15) is 18.9 Å². The molecular formula is C20H26N2O4S. The van der Waals surface area contributed by atoms with Gasteiger partial charge in [0.1, 0.15) is 6.04 Å². The van der Waals surface area contributed by atoms with Crippen LogP contribution in [0.5, 0.6) is 0 Å². The third kappa shape index (κ3) is 6.37. The Hall–Kier alpha value is -2.38. The Labute approximate surface area is 161 Å². The molecule has 2 aromatic rings. The average Bonchev–Trinajstić information content (AvgIpc) is 2.66. The number of sulfonamides is 1. The van der Waals surface area contributed by atoms with Crippen LogP contribution in [-0.4, -0.2) is 39.8 Å². The van der Waals surface area contributed by atoms with Gasteiger partial charge in [-0.25, -0.2) is 8.42 Å². The highest BCUT2D eigenvalue weighted by atomic mass is 32.2. The van der Waals surface area contributed by atoms with Gasteiger partial charge in [0.2, 0.25) is 15.9 Å². The number of nitrogens with zero attached hydrogens (tertiary/aromatic N) is 1. The lowest BCUT2D eigenvalue weighted by Crippen LogP contribution is -2.49. The van der Waals surface area contributed by atoms with Crippen LogP contribution in [0.25, 0.3) is 0 Å². The first kappa shape index (κ1) is 20.9. The number of carbonyl (C=O) groups is 1. The highest BCUT2D eigenvalue weighted by molar-refractivity contribution is 7.92. The molecule has 0 bridgehead atoms. The van der Waals surface area contributed by atoms with Crippen LogP contribution in [0.4, 0.5) is 5.69 Å². The van der Waals surface area contributed by atoms with Gasteiger partial charge in [-0.05, 0) is 24.1 Å². The lowest BCUT2D eigenvalue weighted by atomic mass is 10.2. The number of benzene rings is 2. The topological polar surface area (TPSA) is 75.7 Å². The molecule has 2 aromatic carbocycles. The number of para-hydroxylation sites is 1. The van der Waals surface area contributed by atoms with E-state index >= 15 is 0 Å². The summed E-state index contributed by atoms with van der Waals surface area (Å²) >= 11 is 0. The molecular weight excluding hydrogens is 364 g/mol. The largest absolute Gasteiger partial charge is 0.375 e. The van der Waals surface area contributed by atoms with Crippen LogP contribution in [0.2, 0.25) is 0 Å². The summed E-state index contributed by atoms with van der Waals surface area (Å²) < 4.78 is 31.3. The molecule has 1 amide bonds. The molecule has 0 saturated carbocycles. The van der Waals surface area contributed by atoms with E-state index in [0.717, 1.165) is 11.8 Å². The third-order valence-electron chi connectivity index (χ3n) is 4.00. The van der Waals surface area contributed by atoms with E-state index in [1.54, 1.807) is 37.3 Å². The van der Waals surface area contributed by atoms with Gasteiger partial charge in [-0.3, -0.25) is 9.10 Å². The van der Waals surface area contributed by atoms with Crippen LogP contribution in [0.3, 0.4) is 0 Å². The first-order chi connectivity index (χ1) is 12.9. The predicted molar refractivity (Wildman–Crippen MR) is 107 cm³/mol. The molecule has 7 heteroatoms. The first-order valence-electron chi connectivity index (χ1n) is 8.87. The van der Waals surface area contributed by atoms with E-state index in [1.807, 2.05) is 30.3 Å². The van der Waals surface area contributed by atoms with Gasteiger partial charge in [-0.1, -0.05) is 55.5 Å². The highest BCUT2D eigenvalue weighted by Crippen LogP contribution is 2.21. The molecule has 146 valence electrons. The maximum atomic E-state index is 12.6. The zero-order valence-corrected chi connectivity index (χ0v) is 16.5. The molecule has 6 nitrogen and oxygen atoms in total. The minimum Gasteiger partial charge on any atom is -0.375 e. The lowest BCUT2D eigenvalue weighted by molar-refractivity contribution is -0.122. The Morgan fingerprint density at radius 2 is 1.67 bits per heavy atom. The molecule has 0 heterocycles. The summed E-state index contributed by atoms with van der Waals surface area (Å²) in [6, 6.07) is 17.6. The highest BCUT2D eigenvalue weighted by Gasteiger charge is 2.31. The first-order valence-corrected chi connectivity index (χ1v) is 10.7. The van der Waals surface area contributed by atoms with Crippen molar-refractivity contribution < 1.29 is 17.9 Å². The number of nitrogens with one attached hydrogen (secondary N) is 1. The average molecular weight is 391 g/mol. The van der Waals surface area contributed by atoms with Gasteiger partial charge in [-0.15, -0.1) is 0 Å². The normalized spacial score (nSPS) is 12.4. The zero-order chi connectivity index (χ0) is 19.7. The summed E-state index contributed by atoms with van der Waals surface area (Å²) in [4.78, 5) is 12.6. The molecule has 1 atom stereocenters. The number of amides is 1. The second kappa shape index (κ2) is 10.1. The van der Waals surface area contributed by atoms with E-state index in [4.69, 9.17) is 4.74 Å². The van der Waals surface area contributed by atoms with Gasteiger partial charge in [0.25, 0.3) is 0 Å². The molecule has 27 heavy (non-hydrogen) atoms. The quantitative estimate of drug-likeness (QED) is 0.633. The monoisotopic (exact) mass is 390 g/mol. The molecule has 0 radical (unpaired) electrons. The molecule has 0 aliphatic carbocycles. The summed E-state index contributed by atoms with van der Waals surface area (Å²) in [7, 11) is -3.60. The summed E-state index contributed by atoms with van der Waals surface area (Å²) in [5.74, 6) is -0.338. The fraction of sp³-hybridized carbons (Fsp3) is 0.350. The van der Waals surface area contributed by atoms with Gasteiger partial charge >= 0.3 is 0 Å². The standard InChI is InChI=1S/C20H26N2O4S/c1-3-19(22(27(2,24)25)18-12-8-5-9-13-18)20(23)21-14-15-26-16-17-10-6-4-7-11-17/h4-13,19H,3,14-16H2,1-2H3,(H,21,23)/t19-/m0/s1. The van der Waals surface area contributed by atoms with Crippen molar-refractivity contribution in [2.24, 2.45) is 0 Å². The van der Waals surface area contributed by atoms with Crippen molar-refractivity contribution in [1.29, 1.82) is 0 Å². The molecule has 0 saturated heterocycles. The van der Waals surface area contributed by atoms with Gasteiger partial charge in [-0.2, -0.15) is 0 Å². The number of anilines is 1. The van der Waals surface area contributed by atoms with Crippen molar-refractivity contribution in [2.75, 3.05) is 23.7 Å². The fourth-order valence-corrected chi connectivity index (χ4v) is 3.98. The van der Waals surface area contributed by atoms with Crippen molar-refractivity contribution in [1.82, 2.24) is 5.32 Å². The van der Waals surface area contributed by atoms with Crippen molar-refractivity contribution >= 4 is 21.6 Å². The smallest absolute Gasteiger partial charge is 0.243 e. The van der Waals surface area contributed by atoms with Gasteiger partial charge in [0.15, 0.2) is 0 Å². The number of hydrogen-bond donors (Lipinski definition) is 1. The van der Waals surface area contributed by atoms with Crippen molar-refractivity contribution in [3.63, 3.8) is 0 Å². The summed E-state index contributed by atoms with van der Waals surface area (Å²) in [6.07, 6.45) is 1.47. The molecule has 0 aliphatic heterocycles. The van der Waals surface area contributed by atoms with Crippen molar-refractivity contribution in [2.45, 2.75) is 26.0 Å². The van der Waals surface area contributed by atoms with Crippen LogP contribution in [-0.2, 0) is 26.2 Å². The van der Waals surface area contributed by atoms with Crippen molar-refractivity contribution in [3.8, 4) is 0 Å². The van der Waals surface area contributed by atoms with Crippen LogP contribution in [0.15, 0.2) is 60.7 Å². The van der Waals surface area contributed by atoms with Crippen LogP contribution >= 0.6 is 0 Å². The Morgan fingerprint density at radius 3 is 2.22 bits per heavy atom. The fourth-order valence-electron chi connectivity index (χ4n) is 2.76. The molecule has 0 unspecified atom stereocenters. The van der Waals surface area contributed by atoms with Gasteiger partial charge < -0.3 is 10.1 Å². The Bertz CT molecular complexity index is 810. The van der Waals surface area contributed by atoms with E-state index in [2.05, 4.69) is 5.32 Å². The second-order valence-electron chi connectivity index (χ2n) is 6.15. The Morgan fingerprint density at radius 1 is 1.07 bits per heavy atom. The zero-order valence-electron chi connectivity index (χ0n) is 15.7. The number of carbonyl (C=O) groups excluding carboxylic acids is 1. The lowest BCUT2D eigenvalue weighted by Gasteiger charge is -2.30. The maximum absolute atomic E-state index is 12.6. The summed E-state index contributed by atoms with van der Waals surface area (Å²) in [6.45, 7) is 2.92. The molecule has 0 aromatic heterocycles. The molecule has 2 rings (SSSR count). The Balaban J connectivity index is 1.93. The minimum absolute atomic E-state index is 0.314. The maximum Gasteiger partial charge on any atom is 0.243 e. The van der Waals surface area contributed by atoms with Gasteiger partial charge in [0.05, 0.1) is 25.2 Å². The van der Waals surface area contributed by atoms with E-state index in [1.165, 1.54) is 4.31 Å². The molecule has 0 aliphatic rings. The van der Waals surface area contributed by atoms with E-state index in [0.29, 0.717) is 31.9 Å². The number of rotatable bonds is 10. The van der Waals surface area contributed by atoms with E-state index < -0.39 is 16.1 Å². The third-order valence-corrected chi connectivity index (χ3v) is 5.18. The number of hydrogen-bond acceptors (Lipinski definition) is 4. The molecule has 0 spiro atoms. The second-order valence-corrected chi connectivity index (χ2v) is 8.01. The predicted octanol–water partition coefficient (Wildman–Crippen LogP) is 2.56.